The number of hydrogen-bond donors (Lipinski definition) is 1. The van der Waals surface area contributed by atoms with Gasteiger partial charge in [0, 0.05) is 0 Å². The van der Waals surface area contributed by atoms with Crippen LogP contribution >= 0.6 is 0 Å². The van der Waals surface area contributed by atoms with E-state index in [1.807, 2.05) is 0 Å². The molecule has 0 aliphatic heterocycles. The van der Waals surface area contributed by atoms with Crippen molar-refractivity contribution in [3.63, 3.8) is 0 Å². The first kappa shape index (κ1) is 8.68. The molecule has 0 aliphatic rings. The maximum Gasteiger partial charge on any atom is 0.139 e. The van der Waals surface area contributed by atoms with Crippen LogP contribution in [-0.2, 0) is 6.54 Å². The largest absolute Gasteiger partial charge is 0.304 e. The van der Waals surface area contributed by atoms with Crippen molar-refractivity contribution >= 4 is 0 Å². The van der Waals surface area contributed by atoms with E-state index in [1.165, 1.54) is 23.3 Å². The van der Waals surface area contributed by atoms with E-state index in [0.717, 1.165) is 5.56 Å². The van der Waals surface area contributed by atoms with Gasteiger partial charge in [-0.15, -0.1) is 5.10 Å². The number of benzene rings is 1. The molecule has 14 heavy (non-hydrogen) atoms. The second-order valence-corrected chi connectivity index (χ2v) is 2.80. The molecule has 0 fully saturated rings. The van der Waals surface area contributed by atoms with Crippen LogP contribution < -0.4 is 5.43 Å². The van der Waals surface area contributed by atoms with Gasteiger partial charge < -0.3 is 5.43 Å². The zero-order chi connectivity index (χ0) is 9.80. The Labute approximate surface area is 80.4 Å². The molecule has 0 radical (unpaired) electrons. The summed E-state index contributed by atoms with van der Waals surface area (Å²) in [5.74, 6) is -0.227. The summed E-state index contributed by atoms with van der Waals surface area (Å²) in [4.78, 5) is 5.28. The van der Waals surface area contributed by atoms with Crippen LogP contribution in [0.3, 0.4) is 0 Å². The molecular weight excluding hydrogens is 183 g/mol. The van der Waals surface area contributed by atoms with Gasteiger partial charge in [0.05, 0.1) is 6.54 Å². The molecule has 1 aromatic carbocycles. The summed E-state index contributed by atoms with van der Waals surface area (Å²) in [5.41, 5.74) is 3.97. The molecule has 1 aromatic heterocycles. The fourth-order valence-corrected chi connectivity index (χ4v) is 1.06. The third kappa shape index (κ3) is 2.07. The molecular formula is C9H9FN4. The summed E-state index contributed by atoms with van der Waals surface area (Å²) in [6, 6.07) is 6.30. The van der Waals surface area contributed by atoms with Crippen molar-refractivity contribution in [1.29, 1.82) is 0 Å². The lowest BCUT2D eigenvalue weighted by molar-refractivity contribution is 0.626. The fourth-order valence-electron chi connectivity index (χ4n) is 1.06. The third-order valence-electron chi connectivity index (χ3n) is 1.78. The van der Waals surface area contributed by atoms with E-state index in [0.29, 0.717) is 6.54 Å². The lowest BCUT2D eigenvalue weighted by Gasteiger charge is -2.04. The number of hydrogen-bond acceptors (Lipinski definition) is 3. The summed E-state index contributed by atoms with van der Waals surface area (Å²) in [6.07, 6.45) is 3.00. The molecule has 0 aliphatic carbocycles. The number of aromatic nitrogens is 3. The first-order valence-corrected chi connectivity index (χ1v) is 4.17. The summed E-state index contributed by atoms with van der Waals surface area (Å²) in [5, 5.41) is 3.87. The fraction of sp³-hybridized carbons (Fsp3) is 0.111. The molecule has 1 heterocycles. The van der Waals surface area contributed by atoms with Crippen LogP contribution in [0.15, 0.2) is 36.9 Å². The minimum atomic E-state index is -0.227. The maximum absolute atomic E-state index is 12.6. The molecule has 0 saturated heterocycles. The quantitative estimate of drug-likeness (QED) is 0.793. The Balaban J connectivity index is 1.95. The molecule has 0 unspecified atom stereocenters. The second kappa shape index (κ2) is 3.87. The van der Waals surface area contributed by atoms with Gasteiger partial charge in [0.15, 0.2) is 0 Å². The van der Waals surface area contributed by atoms with E-state index < -0.39 is 0 Å². The van der Waals surface area contributed by atoms with E-state index in [1.54, 1.807) is 18.5 Å². The van der Waals surface area contributed by atoms with Crippen molar-refractivity contribution in [2.45, 2.75) is 6.54 Å². The number of nitrogens with one attached hydrogen (secondary N) is 1. The van der Waals surface area contributed by atoms with Crippen LogP contribution in [0, 0.1) is 5.82 Å². The maximum atomic E-state index is 12.6. The highest BCUT2D eigenvalue weighted by Gasteiger charge is 1.93. The van der Waals surface area contributed by atoms with Crippen molar-refractivity contribution in [1.82, 2.24) is 14.9 Å². The van der Waals surface area contributed by atoms with Gasteiger partial charge in [-0.3, -0.25) is 0 Å². The molecule has 0 spiro atoms. The average molecular weight is 192 g/mol. The Hall–Kier alpha value is -1.91. The van der Waals surface area contributed by atoms with E-state index in [2.05, 4.69) is 15.5 Å². The summed E-state index contributed by atoms with van der Waals surface area (Å²) >= 11 is 0. The molecule has 0 atom stereocenters. The number of rotatable bonds is 3. The zero-order valence-electron chi connectivity index (χ0n) is 7.39. The average Bonchev–Trinajstić information content (AvgIpc) is 2.70. The predicted octanol–water partition coefficient (Wildman–Crippen LogP) is 1.16. The van der Waals surface area contributed by atoms with Crippen molar-refractivity contribution in [2.75, 3.05) is 5.43 Å². The van der Waals surface area contributed by atoms with E-state index in [-0.39, 0.29) is 5.82 Å². The first-order chi connectivity index (χ1) is 6.84. The van der Waals surface area contributed by atoms with Gasteiger partial charge in [0.25, 0.3) is 0 Å². The molecule has 5 heteroatoms. The van der Waals surface area contributed by atoms with Crippen molar-refractivity contribution in [3.8, 4) is 0 Å². The lowest BCUT2D eigenvalue weighted by atomic mass is 10.2. The van der Waals surface area contributed by atoms with E-state index in [9.17, 15) is 4.39 Å². The van der Waals surface area contributed by atoms with E-state index >= 15 is 0 Å². The van der Waals surface area contributed by atoms with Gasteiger partial charge >= 0.3 is 0 Å². The highest BCUT2D eigenvalue weighted by atomic mass is 19.1. The predicted molar refractivity (Wildman–Crippen MR) is 49.5 cm³/mol. The normalized spacial score (nSPS) is 10.1. The minimum absolute atomic E-state index is 0.227. The van der Waals surface area contributed by atoms with Crippen molar-refractivity contribution < 1.29 is 4.39 Å². The van der Waals surface area contributed by atoms with Gasteiger partial charge in [-0.1, -0.05) is 12.1 Å². The van der Waals surface area contributed by atoms with Gasteiger partial charge in [-0.2, -0.15) is 4.79 Å². The Morgan fingerprint density at radius 1 is 1.29 bits per heavy atom. The molecule has 4 nitrogen and oxygen atoms in total. The van der Waals surface area contributed by atoms with Gasteiger partial charge in [-0.25, -0.2) is 9.37 Å². The Bertz CT molecular complexity index is 382. The van der Waals surface area contributed by atoms with Crippen LogP contribution in [0.5, 0.6) is 0 Å². The monoisotopic (exact) mass is 192 g/mol. The van der Waals surface area contributed by atoms with Gasteiger partial charge in [0.1, 0.15) is 18.5 Å². The van der Waals surface area contributed by atoms with E-state index in [4.69, 9.17) is 0 Å². The van der Waals surface area contributed by atoms with Gasteiger partial charge in [-0.05, 0) is 17.7 Å². The van der Waals surface area contributed by atoms with Crippen LogP contribution in [-0.4, -0.2) is 14.9 Å². The number of nitrogens with zero attached hydrogens (tertiary/aromatic N) is 3. The molecule has 0 saturated carbocycles. The number of halogens is 1. The third-order valence-corrected chi connectivity index (χ3v) is 1.78. The second-order valence-electron chi connectivity index (χ2n) is 2.80. The van der Waals surface area contributed by atoms with Crippen molar-refractivity contribution in [2.24, 2.45) is 0 Å². The highest BCUT2D eigenvalue weighted by molar-refractivity contribution is 5.16. The molecule has 72 valence electrons. The van der Waals surface area contributed by atoms with Crippen LogP contribution in [0.25, 0.3) is 0 Å². The Morgan fingerprint density at radius 2 is 2.07 bits per heavy atom. The topological polar surface area (TPSA) is 42.7 Å². The van der Waals surface area contributed by atoms with Gasteiger partial charge in [0.2, 0.25) is 0 Å². The summed E-state index contributed by atoms with van der Waals surface area (Å²) in [7, 11) is 0. The molecule has 2 rings (SSSR count). The van der Waals surface area contributed by atoms with Crippen LogP contribution in [0.4, 0.5) is 4.39 Å². The highest BCUT2D eigenvalue weighted by Crippen LogP contribution is 2.02. The summed E-state index contributed by atoms with van der Waals surface area (Å²) < 4.78 is 12.6. The Kier molecular flexibility index (Phi) is 2.40. The smallest absolute Gasteiger partial charge is 0.139 e. The van der Waals surface area contributed by atoms with Crippen LogP contribution in [0.1, 0.15) is 5.56 Å². The molecule has 1 N–H and O–H groups in total. The Morgan fingerprint density at radius 3 is 2.71 bits per heavy atom. The standard InChI is InChI=1S/C9H9FN4/c10-9-3-1-8(2-4-9)5-12-14-7-11-6-13-14/h1-4,6-7,12H,5H2. The summed E-state index contributed by atoms with van der Waals surface area (Å²) in [6.45, 7) is 0.587. The van der Waals surface area contributed by atoms with Crippen molar-refractivity contribution in [3.05, 3.63) is 48.3 Å². The molecule has 2 aromatic rings. The minimum Gasteiger partial charge on any atom is -0.304 e. The SMILES string of the molecule is Fc1ccc(CNn2cncn2)cc1. The lowest BCUT2D eigenvalue weighted by Crippen LogP contribution is -2.14. The molecule has 0 amide bonds. The molecule has 0 bridgehead atoms. The van der Waals surface area contributed by atoms with Crippen LogP contribution in [0.2, 0.25) is 0 Å². The first-order valence-electron chi connectivity index (χ1n) is 4.17. The zero-order valence-corrected chi connectivity index (χ0v) is 7.39.